The van der Waals surface area contributed by atoms with Crippen molar-refractivity contribution < 1.29 is 13.9 Å². The summed E-state index contributed by atoms with van der Waals surface area (Å²) >= 11 is 0. The first-order valence-electron chi connectivity index (χ1n) is 3.97. The van der Waals surface area contributed by atoms with Crippen LogP contribution in [0.1, 0.15) is 23.4 Å². The second kappa shape index (κ2) is 4.30. The number of anilines is 1. The van der Waals surface area contributed by atoms with Gasteiger partial charge in [-0.3, -0.25) is 0 Å². The van der Waals surface area contributed by atoms with Crippen molar-refractivity contribution in [3.63, 3.8) is 0 Å². The van der Waals surface area contributed by atoms with Crippen molar-refractivity contribution >= 4 is 5.69 Å². The molecule has 78 valence electrons. The fraction of sp³-hybridized carbons (Fsp3) is 0.375. The van der Waals surface area contributed by atoms with E-state index in [0.29, 0.717) is 0 Å². The van der Waals surface area contributed by atoms with E-state index in [2.05, 4.69) is 4.98 Å². The Morgan fingerprint density at radius 1 is 1.50 bits per heavy atom. The minimum Gasteiger partial charge on any atom is -0.397 e. The lowest BCUT2D eigenvalue weighted by atomic mass is 10.1. The van der Waals surface area contributed by atoms with Crippen LogP contribution in [0.5, 0.6) is 0 Å². The van der Waals surface area contributed by atoms with E-state index in [1.165, 1.54) is 0 Å². The van der Waals surface area contributed by atoms with Crippen molar-refractivity contribution in [3.05, 3.63) is 23.0 Å². The van der Waals surface area contributed by atoms with Gasteiger partial charge in [-0.2, -0.15) is 0 Å². The molecule has 1 aromatic heterocycles. The summed E-state index contributed by atoms with van der Waals surface area (Å²) in [6, 6.07) is 1.08. The predicted octanol–water partition coefficient (Wildman–Crippen LogP) is 0.552. The molecule has 1 aromatic rings. The number of rotatable bonds is 3. The molecule has 0 aliphatic heterocycles. The highest BCUT2D eigenvalue weighted by atomic mass is 19.3. The van der Waals surface area contributed by atoms with Gasteiger partial charge in [0.25, 0.3) is 6.43 Å². The van der Waals surface area contributed by atoms with Crippen LogP contribution in [0.2, 0.25) is 0 Å². The molecule has 14 heavy (non-hydrogen) atoms. The lowest BCUT2D eigenvalue weighted by Gasteiger charge is -2.09. The average Bonchev–Trinajstić information content (AvgIpc) is 2.17. The summed E-state index contributed by atoms with van der Waals surface area (Å²) in [5.74, 6) is 0. The quantitative estimate of drug-likeness (QED) is 0.669. The Kier molecular flexibility index (Phi) is 3.32. The largest absolute Gasteiger partial charge is 0.397 e. The lowest BCUT2D eigenvalue weighted by Crippen LogP contribution is -2.10. The predicted molar refractivity (Wildman–Crippen MR) is 47.4 cm³/mol. The highest BCUT2D eigenvalue weighted by Gasteiger charge is 2.14. The molecule has 0 bridgehead atoms. The Morgan fingerprint density at radius 3 is 2.57 bits per heavy atom. The minimum absolute atomic E-state index is 0.0284. The van der Waals surface area contributed by atoms with E-state index in [0.717, 1.165) is 6.07 Å². The monoisotopic (exact) mass is 203 g/mol. The lowest BCUT2D eigenvalue weighted by molar-refractivity contribution is 0.145. The zero-order valence-electron chi connectivity index (χ0n) is 7.37. The number of hydrogen-bond donors (Lipinski definition) is 3. The molecule has 0 amide bonds. The summed E-state index contributed by atoms with van der Waals surface area (Å²) in [4.78, 5) is 3.59. The van der Waals surface area contributed by atoms with Gasteiger partial charge in [0.2, 0.25) is 0 Å². The summed E-state index contributed by atoms with van der Waals surface area (Å²) in [5, 5.41) is 8.85. The van der Waals surface area contributed by atoms with Gasteiger partial charge in [-0.25, -0.2) is 13.8 Å². The van der Waals surface area contributed by atoms with Crippen LogP contribution in [0.25, 0.3) is 0 Å². The van der Waals surface area contributed by atoms with Crippen LogP contribution in [-0.4, -0.2) is 10.1 Å². The third-order valence-electron chi connectivity index (χ3n) is 1.83. The molecule has 0 atom stereocenters. The fourth-order valence-electron chi connectivity index (χ4n) is 1.09. The summed E-state index contributed by atoms with van der Waals surface area (Å²) in [5.41, 5.74) is 11.0. The Morgan fingerprint density at radius 2 is 2.14 bits per heavy atom. The smallest absolute Gasteiger partial charge is 0.280 e. The number of alkyl halides is 2. The molecule has 0 aliphatic carbocycles. The minimum atomic E-state index is -2.69. The van der Waals surface area contributed by atoms with E-state index < -0.39 is 18.7 Å². The van der Waals surface area contributed by atoms with E-state index in [-0.39, 0.29) is 23.5 Å². The molecule has 5 N–H and O–H groups in total. The standard InChI is InChI=1S/C8H11F2N3O/c9-8(10)5-1-4(3-14)7(12)6(2-11)13-5/h1,8,14H,2-3,11-12H2. The maximum atomic E-state index is 12.3. The molecule has 6 heteroatoms. The van der Waals surface area contributed by atoms with Crippen LogP contribution in [0.3, 0.4) is 0 Å². The maximum Gasteiger partial charge on any atom is 0.280 e. The molecule has 1 rings (SSSR count). The number of nitrogens with two attached hydrogens (primary N) is 2. The van der Waals surface area contributed by atoms with Gasteiger partial charge in [-0.05, 0) is 6.07 Å². The van der Waals surface area contributed by atoms with Crippen LogP contribution in [0.4, 0.5) is 14.5 Å². The summed E-state index contributed by atoms with van der Waals surface area (Å²) in [6.45, 7) is -0.430. The van der Waals surface area contributed by atoms with E-state index >= 15 is 0 Å². The van der Waals surface area contributed by atoms with Crippen molar-refractivity contribution in [1.82, 2.24) is 4.98 Å². The highest BCUT2D eigenvalue weighted by molar-refractivity contribution is 5.51. The van der Waals surface area contributed by atoms with Crippen LogP contribution < -0.4 is 11.5 Å². The molecule has 0 spiro atoms. The van der Waals surface area contributed by atoms with Crippen LogP contribution in [0.15, 0.2) is 6.07 Å². The third kappa shape index (κ3) is 1.97. The van der Waals surface area contributed by atoms with E-state index in [9.17, 15) is 8.78 Å². The first kappa shape index (κ1) is 10.8. The molecule has 0 aromatic carbocycles. The number of aromatic nitrogens is 1. The van der Waals surface area contributed by atoms with E-state index in [1.807, 2.05) is 0 Å². The van der Waals surface area contributed by atoms with E-state index in [1.54, 1.807) is 0 Å². The number of nitrogen functional groups attached to an aromatic ring is 1. The molecule has 0 unspecified atom stereocenters. The molecule has 0 saturated carbocycles. The molecular weight excluding hydrogens is 192 g/mol. The Hall–Kier alpha value is -1.27. The second-order valence-electron chi connectivity index (χ2n) is 2.73. The summed E-state index contributed by atoms with van der Waals surface area (Å²) in [7, 11) is 0. The zero-order chi connectivity index (χ0) is 10.7. The average molecular weight is 203 g/mol. The summed E-state index contributed by atoms with van der Waals surface area (Å²) < 4.78 is 24.6. The molecule has 0 radical (unpaired) electrons. The Bertz CT molecular complexity index is 305. The third-order valence-corrected chi connectivity index (χ3v) is 1.83. The van der Waals surface area contributed by atoms with E-state index in [4.69, 9.17) is 16.6 Å². The van der Waals surface area contributed by atoms with Crippen molar-refractivity contribution in [1.29, 1.82) is 0 Å². The second-order valence-corrected chi connectivity index (χ2v) is 2.73. The van der Waals surface area contributed by atoms with Crippen molar-refractivity contribution in [3.8, 4) is 0 Å². The Balaban J connectivity index is 3.25. The molecular formula is C8H11F2N3O. The fourth-order valence-corrected chi connectivity index (χ4v) is 1.09. The molecule has 0 fully saturated rings. The normalized spacial score (nSPS) is 10.9. The first-order chi connectivity index (χ1) is 6.60. The van der Waals surface area contributed by atoms with Gasteiger partial charge in [0.1, 0.15) is 5.69 Å². The number of pyridine rings is 1. The molecule has 1 heterocycles. The number of aliphatic hydroxyl groups excluding tert-OH is 1. The molecule has 0 saturated heterocycles. The van der Waals surface area contributed by atoms with Crippen molar-refractivity contribution in [2.45, 2.75) is 19.6 Å². The maximum absolute atomic E-state index is 12.3. The van der Waals surface area contributed by atoms with Gasteiger partial charge in [0.05, 0.1) is 18.0 Å². The number of nitrogens with zero attached hydrogens (tertiary/aromatic N) is 1. The van der Waals surface area contributed by atoms with Crippen molar-refractivity contribution in [2.75, 3.05) is 5.73 Å². The number of halogens is 2. The topological polar surface area (TPSA) is 85.2 Å². The Labute approximate surface area is 79.6 Å². The highest BCUT2D eigenvalue weighted by Crippen LogP contribution is 2.23. The van der Waals surface area contributed by atoms with Gasteiger partial charge in [0, 0.05) is 12.1 Å². The van der Waals surface area contributed by atoms with Gasteiger partial charge in [-0.15, -0.1) is 0 Å². The van der Waals surface area contributed by atoms with Gasteiger partial charge in [-0.1, -0.05) is 0 Å². The SMILES string of the molecule is NCc1nc(C(F)F)cc(CO)c1N. The van der Waals surface area contributed by atoms with Crippen LogP contribution in [0, 0.1) is 0 Å². The van der Waals surface area contributed by atoms with Gasteiger partial charge in [0.15, 0.2) is 0 Å². The van der Waals surface area contributed by atoms with Crippen molar-refractivity contribution in [2.24, 2.45) is 5.73 Å². The van der Waals surface area contributed by atoms with Crippen LogP contribution >= 0.6 is 0 Å². The summed E-state index contributed by atoms with van der Waals surface area (Å²) in [6.07, 6.45) is -2.69. The first-order valence-corrected chi connectivity index (χ1v) is 3.97. The number of hydrogen-bond acceptors (Lipinski definition) is 4. The van der Waals surface area contributed by atoms with Gasteiger partial charge < -0.3 is 16.6 Å². The molecule has 4 nitrogen and oxygen atoms in total. The van der Waals surface area contributed by atoms with Crippen LogP contribution in [-0.2, 0) is 13.2 Å². The zero-order valence-corrected chi connectivity index (χ0v) is 7.37. The molecule has 0 aliphatic rings. The number of aliphatic hydroxyl groups is 1. The van der Waals surface area contributed by atoms with Gasteiger partial charge >= 0.3 is 0 Å².